The number of ketones is 1. The summed E-state index contributed by atoms with van der Waals surface area (Å²) in [6.45, 7) is 7.84. The molecule has 0 spiro atoms. The first-order valence-electron chi connectivity index (χ1n) is 5.62. The van der Waals surface area contributed by atoms with Crippen LogP contribution in [0.1, 0.15) is 42.3 Å². The average Bonchev–Trinajstić information content (AvgIpc) is 2.45. The van der Waals surface area contributed by atoms with Gasteiger partial charge in [0.2, 0.25) is 0 Å². The number of carbonyl (C=O) groups excluding carboxylic acids is 1. The number of rotatable bonds is 5. The molecule has 90 valence electrons. The normalized spacial score (nSPS) is 14.8. The Morgan fingerprint density at radius 2 is 2.12 bits per heavy atom. The molecule has 0 aliphatic carbocycles. The Morgan fingerprint density at radius 3 is 2.56 bits per heavy atom. The van der Waals surface area contributed by atoms with Crippen molar-refractivity contribution in [1.29, 1.82) is 0 Å². The number of aryl methyl sites for hydroxylation is 2. The lowest BCUT2D eigenvalue weighted by Gasteiger charge is -2.21. The minimum atomic E-state index is -0.706. The van der Waals surface area contributed by atoms with E-state index in [4.69, 9.17) is 5.73 Å². The van der Waals surface area contributed by atoms with Crippen LogP contribution >= 0.6 is 11.3 Å². The van der Waals surface area contributed by atoms with Crippen LogP contribution in [-0.4, -0.2) is 16.3 Å². The second-order valence-corrected chi connectivity index (χ2v) is 5.80. The van der Waals surface area contributed by atoms with Gasteiger partial charge < -0.3 is 5.73 Å². The Hall–Kier alpha value is -0.740. The molecule has 1 atom stereocenters. The molecule has 1 unspecified atom stereocenters. The lowest BCUT2D eigenvalue weighted by atomic mass is 9.91. The fourth-order valence-electron chi connectivity index (χ4n) is 1.61. The summed E-state index contributed by atoms with van der Waals surface area (Å²) >= 11 is 1.59. The molecule has 0 aliphatic rings. The van der Waals surface area contributed by atoms with Crippen molar-refractivity contribution in [3.05, 3.63) is 15.6 Å². The van der Waals surface area contributed by atoms with Crippen molar-refractivity contribution >= 4 is 17.1 Å². The van der Waals surface area contributed by atoms with E-state index in [1.54, 1.807) is 11.3 Å². The third-order valence-corrected chi connectivity index (χ3v) is 3.86. The largest absolute Gasteiger partial charge is 0.319 e. The quantitative estimate of drug-likeness (QED) is 0.859. The highest BCUT2D eigenvalue weighted by molar-refractivity contribution is 7.11. The zero-order valence-electron chi connectivity index (χ0n) is 10.5. The van der Waals surface area contributed by atoms with Gasteiger partial charge >= 0.3 is 0 Å². The van der Waals surface area contributed by atoms with Crippen molar-refractivity contribution in [3.8, 4) is 0 Å². The smallest absolute Gasteiger partial charge is 0.159 e. The van der Waals surface area contributed by atoms with Gasteiger partial charge in [0.15, 0.2) is 5.78 Å². The van der Waals surface area contributed by atoms with Crippen LogP contribution in [0.3, 0.4) is 0 Å². The highest BCUT2D eigenvalue weighted by Gasteiger charge is 2.27. The molecule has 0 amide bonds. The molecule has 1 aromatic rings. The van der Waals surface area contributed by atoms with E-state index in [0.29, 0.717) is 6.42 Å². The molecule has 2 N–H and O–H groups in total. The molecule has 0 aliphatic heterocycles. The average molecular weight is 240 g/mol. The van der Waals surface area contributed by atoms with Gasteiger partial charge in [-0.1, -0.05) is 13.3 Å². The van der Waals surface area contributed by atoms with Gasteiger partial charge in [0.05, 0.1) is 17.7 Å². The lowest BCUT2D eigenvalue weighted by Crippen LogP contribution is -2.45. The topological polar surface area (TPSA) is 56.0 Å². The molecular formula is C12H20N2OS. The molecule has 4 heteroatoms. The number of thiazole rings is 1. The Balaban J connectivity index is 2.71. The van der Waals surface area contributed by atoms with Crippen LogP contribution < -0.4 is 5.73 Å². The minimum Gasteiger partial charge on any atom is -0.319 e. The summed E-state index contributed by atoms with van der Waals surface area (Å²) in [5, 5.41) is 0.882. The summed E-state index contributed by atoms with van der Waals surface area (Å²) in [6, 6.07) is 0. The summed E-state index contributed by atoms with van der Waals surface area (Å²) in [4.78, 5) is 17.5. The summed E-state index contributed by atoms with van der Waals surface area (Å²) < 4.78 is 0. The van der Waals surface area contributed by atoms with Gasteiger partial charge in [0, 0.05) is 4.88 Å². The van der Waals surface area contributed by atoms with Crippen molar-refractivity contribution in [2.24, 2.45) is 5.73 Å². The lowest BCUT2D eigenvalue weighted by molar-refractivity contribution is -0.123. The van der Waals surface area contributed by atoms with E-state index >= 15 is 0 Å². The second kappa shape index (κ2) is 5.06. The van der Waals surface area contributed by atoms with Crippen LogP contribution in [0.25, 0.3) is 0 Å². The molecule has 1 rings (SSSR count). The summed E-state index contributed by atoms with van der Waals surface area (Å²) in [5.41, 5.74) is 6.30. The number of aromatic nitrogens is 1. The van der Waals surface area contributed by atoms with Gasteiger partial charge in [-0.25, -0.2) is 4.98 Å². The molecule has 0 fully saturated rings. The predicted octanol–water partition coefficient (Wildman–Crippen LogP) is 2.39. The highest BCUT2D eigenvalue weighted by atomic mass is 32.1. The molecule has 0 saturated carbocycles. The molecule has 0 radical (unpaired) electrons. The molecule has 0 saturated heterocycles. The minimum absolute atomic E-state index is 0.0862. The highest BCUT2D eigenvalue weighted by Crippen LogP contribution is 2.20. The van der Waals surface area contributed by atoms with Crippen LogP contribution in [0.5, 0.6) is 0 Å². The van der Waals surface area contributed by atoms with E-state index in [-0.39, 0.29) is 5.78 Å². The van der Waals surface area contributed by atoms with Crippen LogP contribution in [0.15, 0.2) is 0 Å². The van der Waals surface area contributed by atoms with E-state index in [1.165, 1.54) is 4.88 Å². The molecule has 16 heavy (non-hydrogen) atoms. The van der Waals surface area contributed by atoms with Crippen LogP contribution in [0.4, 0.5) is 0 Å². The van der Waals surface area contributed by atoms with Crippen molar-refractivity contribution in [2.75, 3.05) is 0 Å². The Morgan fingerprint density at radius 1 is 1.50 bits per heavy atom. The van der Waals surface area contributed by atoms with Crippen LogP contribution in [-0.2, 0) is 11.2 Å². The molecule has 3 nitrogen and oxygen atoms in total. The first kappa shape index (κ1) is 13.3. The number of carbonyl (C=O) groups is 1. The number of nitrogens with zero attached hydrogens (tertiary/aromatic N) is 1. The van der Waals surface area contributed by atoms with Crippen LogP contribution in [0, 0.1) is 13.8 Å². The number of nitrogens with two attached hydrogens (primary N) is 1. The third-order valence-electron chi connectivity index (χ3n) is 2.79. The van der Waals surface area contributed by atoms with Crippen molar-refractivity contribution in [2.45, 2.75) is 52.5 Å². The van der Waals surface area contributed by atoms with Crippen molar-refractivity contribution in [1.82, 2.24) is 4.98 Å². The molecule has 0 aromatic carbocycles. The molecular weight excluding hydrogens is 220 g/mol. The zero-order chi connectivity index (χ0) is 12.3. The fourth-order valence-corrected chi connectivity index (χ4v) is 2.55. The third kappa shape index (κ3) is 3.12. The number of hydrogen-bond donors (Lipinski definition) is 1. The summed E-state index contributed by atoms with van der Waals surface area (Å²) in [5.74, 6) is 0.0862. The first-order chi connectivity index (χ1) is 7.36. The van der Waals surface area contributed by atoms with Crippen molar-refractivity contribution in [3.63, 3.8) is 0 Å². The zero-order valence-corrected chi connectivity index (χ0v) is 11.3. The maximum Gasteiger partial charge on any atom is 0.159 e. The van der Waals surface area contributed by atoms with Crippen LogP contribution in [0.2, 0.25) is 0 Å². The summed E-state index contributed by atoms with van der Waals surface area (Å²) in [6.07, 6.45) is 2.02. The second-order valence-electron chi connectivity index (χ2n) is 4.52. The molecule has 0 bridgehead atoms. The van der Waals surface area contributed by atoms with Gasteiger partial charge in [-0.05, 0) is 27.2 Å². The van der Waals surface area contributed by atoms with Gasteiger partial charge in [0.25, 0.3) is 0 Å². The predicted molar refractivity (Wildman–Crippen MR) is 67.8 cm³/mol. The van der Waals surface area contributed by atoms with Gasteiger partial charge in [-0.15, -0.1) is 11.3 Å². The summed E-state index contributed by atoms with van der Waals surface area (Å²) in [7, 11) is 0. The van der Waals surface area contributed by atoms with E-state index in [1.807, 2.05) is 27.7 Å². The molecule has 1 heterocycles. The maximum absolute atomic E-state index is 12.0. The van der Waals surface area contributed by atoms with Gasteiger partial charge in [-0.2, -0.15) is 0 Å². The maximum atomic E-state index is 12.0. The van der Waals surface area contributed by atoms with E-state index in [9.17, 15) is 4.79 Å². The SMILES string of the molecule is CCCC(C)(N)C(=O)Cc1nc(C)c(C)s1. The van der Waals surface area contributed by atoms with E-state index < -0.39 is 5.54 Å². The van der Waals surface area contributed by atoms with E-state index in [0.717, 1.165) is 23.5 Å². The van der Waals surface area contributed by atoms with Gasteiger partial charge in [0.1, 0.15) is 5.01 Å². The standard InChI is InChI=1S/C12H20N2OS/c1-5-6-12(4,13)10(15)7-11-14-8(2)9(3)16-11/h5-7,13H2,1-4H3. The Labute approximate surface area is 101 Å². The van der Waals surface area contributed by atoms with E-state index in [2.05, 4.69) is 4.98 Å². The Bertz CT molecular complexity index is 363. The number of Topliss-reactive ketones (excluding diaryl/α,β-unsaturated/α-hetero) is 1. The van der Waals surface area contributed by atoms with Gasteiger partial charge in [-0.3, -0.25) is 4.79 Å². The van der Waals surface area contributed by atoms with Crippen molar-refractivity contribution < 1.29 is 4.79 Å². The first-order valence-corrected chi connectivity index (χ1v) is 6.43. The Kier molecular flexibility index (Phi) is 4.21. The monoisotopic (exact) mass is 240 g/mol. The molecule has 1 aromatic heterocycles. The number of hydrogen-bond acceptors (Lipinski definition) is 4. The fraction of sp³-hybridized carbons (Fsp3) is 0.667.